The number of benzene rings is 1. The Kier molecular flexibility index (Phi) is 5.20. The molecule has 1 aromatic rings. The summed E-state index contributed by atoms with van der Waals surface area (Å²) in [5.41, 5.74) is 1.20. The molecule has 0 fully saturated rings. The minimum atomic E-state index is -0.638. The highest BCUT2D eigenvalue weighted by molar-refractivity contribution is 6.02. The third-order valence-electron chi connectivity index (χ3n) is 3.50. The number of nitrogens with one attached hydrogen (secondary N) is 3. The maximum atomic E-state index is 12.4. The van der Waals surface area contributed by atoms with Gasteiger partial charge >= 0.3 is 0 Å². The molecule has 0 saturated carbocycles. The summed E-state index contributed by atoms with van der Waals surface area (Å²) in [5.74, 6) is -1.01. The molecule has 0 aliphatic carbocycles. The quantitative estimate of drug-likeness (QED) is 0.746. The number of methoxy groups -OCH3 is 1. The van der Waals surface area contributed by atoms with Crippen molar-refractivity contribution in [1.82, 2.24) is 10.6 Å². The first kappa shape index (κ1) is 16.8. The van der Waals surface area contributed by atoms with Crippen LogP contribution in [0.25, 0.3) is 0 Å². The van der Waals surface area contributed by atoms with Crippen LogP contribution in [-0.2, 0) is 14.4 Å². The van der Waals surface area contributed by atoms with Crippen molar-refractivity contribution in [2.75, 3.05) is 19.0 Å². The van der Waals surface area contributed by atoms with Gasteiger partial charge in [-0.05, 0) is 25.5 Å². The van der Waals surface area contributed by atoms with Gasteiger partial charge in [0.15, 0.2) is 0 Å². The van der Waals surface area contributed by atoms with Gasteiger partial charge in [-0.15, -0.1) is 0 Å². The van der Waals surface area contributed by atoms with E-state index in [1.165, 1.54) is 7.11 Å². The van der Waals surface area contributed by atoms with Gasteiger partial charge in [-0.1, -0.05) is 12.1 Å². The molecule has 0 saturated heterocycles. The molecule has 1 aromatic carbocycles. The Bertz CT molecular complexity index is 628. The normalized spacial score (nSPS) is 16.3. The van der Waals surface area contributed by atoms with E-state index in [9.17, 15) is 14.4 Å². The van der Waals surface area contributed by atoms with E-state index in [-0.39, 0.29) is 36.7 Å². The number of fused-ring (bicyclic) bond motifs is 1. The summed E-state index contributed by atoms with van der Waals surface area (Å²) in [7, 11) is 1.50. The lowest BCUT2D eigenvalue weighted by molar-refractivity contribution is -0.128. The summed E-state index contributed by atoms with van der Waals surface area (Å²) < 4.78 is 5.22. The van der Waals surface area contributed by atoms with Gasteiger partial charge in [0.2, 0.25) is 17.7 Å². The third kappa shape index (κ3) is 4.00. The fourth-order valence-electron chi connectivity index (χ4n) is 2.53. The molecular formula is C16H21N3O4. The lowest BCUT2D eigenvalue weighted by atomic mass is 9.89. The molecule has 23 heavy (non-hydrogen) atoms. The molecule has 124 valence electrons. The Labute approximate surface area is 134 Å². The molecule has 2 rings (SSSR count). The van der Waals surface area contributed by atoms with Crippen LogP contribution in [0.4, 0.5) is 5.69 Å². The molecule has 0 radical (unpaired) electrons. The Morgan fingerprint density at radius 2 is 2.13 bits per heavy atom. The molecule has 1 unspecified atom stereocenters. The predicted molar refractivity (Wildman–Crippen MR) is 85.3 cm³/mol. The van der Waals surface area contributed by atoms with Gasteiger partial charge in [0, 0.05) is 12.5 Å². The van der Waals surface area contributed by atoms with E-state index in [2.05, 4.69) is 16.0 Å². The first-order chi connectivity index (χ1) is 10.9. The number of carbonyl (C=O) groups excluding carboxylic acids is 3. The number of anilines is 1. The minimum Gasteiger partial charge on any atom is -0.495 e. The van der Waals surface area contributed by atoms with Crippen molar-refractivity contribution in [1.29, 1.82) is 0 Å². The lowest BCUT2D eigenvalue weighted by Gasteiger charge is -2.26. The summed E-state index contributed by atoms with van der Waals surface area (Å²) in [5, 5.41) is 8.01. The molecule has 7 nitrogen and oxygen atoms in total. The number of carbonyl (C=O) groups is 3. The van der Waals surface area contributed by atoms with E-state index in [0.29, 0.717) is 17.0 Å². The van der Waals surface area contributed by atoms with Crippen LogP contribution in [-0.4, -0.2) is 37.4 Å². The first-order valence-electron chi connectivity index (χ1n) is 7.46. The van der Waals surface area contributed by atoms with Gasteiger partial charge < -0.3 is 20.7 Å². The van der Waals surface area contributed by atoms with E-state index < -0.39 is 5.92 Å². The van der Waals surface area contributed by atoms with E-state index >= 15 is 0 Å². The maximum absolute atomic E-state index is 12.4. The number of amides is 3. The van der Waals surface area contributed by atoms with E-state index in [4.69, 9.17) is 4.74 Å². The van der Waals surface area contributed by atoms with E-state index in [0.717, 1.165) is 0 Å². The zero-order valence-corrected chi connectivity index (χ0v) is 13.4. The van der Waals surface area contributed by atoms with Crippen molar-refractivity contribution in [2.24, 2.45) is 0 Å². The first-order valence-corrected chi connectivity index (χ1v) is 7.46. The van der Waals surface area contributed by atoms with Gasteiger partial charge in [0.1, 0.15) is 5.75 Å². The topological polar surface area (TPSA) is 96.5 Å². The fourth-order valence-corrected chi connectivity index (χ4v) is 2.53. The minimum absolute atomic E-state index is 0.00449. The SMILES string of the molecule is COc1cccc2c1NC(=O)CC2C(=O)NCC(=O)NC(C)C. The zero-order valence-electron chi connectivity index (χ0n) is 13.4. The van der Waals surface area contributed by atoms with Crippen LogP contribution in [0.3, 0.4) is 0 Å². The molecule has 3 amide bonds. The number of hydrogen-bond acceptors (Lipinski definition) is 4. The highest BCUT2D eigenvalue weighted by Crippen LogP contribution is 2.38. The second-order valence-electron chi connectivity index (χ2n) is 5.67. The van der Waals surface area contributed by atoms with Crippen LogP contribution in [0.1, 0.15) is 31.7 Å². The maximum Gasteiger partial charge on any atom is 0.239 e. The van der Waals surface area contributed by atoms with Gasteiger partial charge in [-0.25, -0.2) is 0 Å². The fraction of sp³-hybridized carbons (Fsp3) is 0.438. The van der Waals surface area contributed by atoms with Gasteiger partial charge in [0.25, 0.3) is 0 Å². The Balaban J connectivity index is 2.13. The van der Waals surface area contributed by atoms with Crippen molar-refractivity contribution >= 4 is 23.4 Å². The van der Waals surface area contributed by atoms with Gasteiger partial charge in [-0.3, -0.25) is 14.4 Å². The van der Waals surface area contributed by atoms with Crippen molar-refractivity contribution in [3.63, 3.8) is 0 Å². The molecular weight excluding hydrogens is 298 g/mol. The second kappa shape index (κ2) is 7.13. The molecule has 1 aliphatic rings. The van der Waals surface area contributed by atoms with Crippen LogP contribution in [0.5, 0.6) is 5.75 Å². The Hall–Kier alpha value is -2.57. The average molecular weight is 319 g/mol. The molecule has 1 atom stereocenters. The number of para-hydroxylation sites is 1. The van der Waals surface area contributed by atoms with Crippen LogP contribution >= 0.6 is 0 Å². The summed E-state index contributed by atoms with van der Waals surface area (Å²) in [4.78, 5) is 35.9. The average Bonchev–Trinajstić information content (AvgIpc) is 2.50. The molecule has 0 aromatic heterocycles. The second-order valence-corrected chi connectivity index (χ2v) is 5.67. The molecule has 1 heterocycles. The van der Waals surface area contributed by atoms with Crippen molar-refractivity contribution in [2.45, 2.75) is 32.2 Å². The third-order valence-corrected chi connectivity index (χ3v) is 3.50. The molecule has 0 bridgehead atoms. The van der Waals surface area contributed by atoms with Crippen LogP contribution in [0, 0.1) is 0 Å². The number of rotatable bonds is 5. The predicted octanol–water partition coefficient (Wildman–Crippen LogP) is 0.762. The Morgan fingerprint density at radius 1 is 1.39 bits per heavy atom. The number of ether oxygens (including phenoxy) is 1. The largest absolute Gasteiger partial charge is 0.495 e. The lowest BCUT2D eigenvalue weighted by Crippen LogP contribution is -2.42. The summed E-state index contributed by atoms with van der Waals surface area (Å²) in [6, 6.07) is 5.26. The van der Waals surface area contributed by atoms with E-state index in [1.54, 1.807) is 18.2 Å². The summed E-state index contributed by atoms with van der Waals surface area (Å²) in [6.45, 7) is 3.57. The van der Waals surface area contributed by atoms with E-state index in [1.807, 2.05) is 13.8 Å². The van der Waals surface area contributed by atoms with Gasteiger partial charge in [-0.2, -0.15) is 0 Å². The highest BCUT2D eigenvalue weighted by Gasteiger charge is 2.32. The monoisotopic (exact) mass is 319 g/mol. The highest BCUT2D eigenvalue weighted by atomic mass is 16.5. The van der Waals surface area contributed by atoms with Crippen LogP contribution < -0.4 is 20.7 Å². The Morgan fingerprint density at radius 3 is 2.78 bits per heavy atom. The number of hydrogen-bond donors (Lipinski definition) is 3. The smallest absolute Gasteiger partial charge is 0.239 e. The standard InChI is InChI=1S/C16H21N3O4/c1-9(2)18-14(21)8-17-16(22)11-7-13(20)19-15-10(11)5-4-6-12(15)23-3/h4-6,9,11H,7-8H2,1-3H3,(H,17,22)(H,18,21)(H,19,20). The summed E-state index contributed by atoms with van der Waals surface area (Å²) in [6.07, 6.45) is 0.0395. The van der Waals surface area contributed by atoms with Crippen molar-refractivity contribution in [3.05, 3.63) is 23.8 Å². The molecule has 1 aliphatic heterocycles. The molecule has 0 spiro atoms. The van der Waals surface area contributed by atoms with Crippen LogP contribution in [0.2, 0.25) is 0 Å². The molecule has 7 heteroatoms. The van der Waals surface area contributed by atoms with Crippen molar-refractivity contribution < 1.29 is 19.1 Å². The summed E-state index contributed by atoms with van der Waals surface area (Å²) >= 11 is 0. The van der Waals surface area contributed by atoms with Crippen LogP contribution in [0.15, 0.2) is 18.2 Å². The zero-order chi connectivity index (χ0) is 17.0. The van der Waals surface area contributed by atoms with Gasteiger partial charge in [0.05, 0.1) is 25.3 Å². The van der Waals surface area contributed by atoms with Crippen molar-refractivity contribution in [3.8, 4) is 5.75 Å². The molecule has 3 N–H and O–H groups in total.